The van der Waals surface area contributed by atoms with E-state index in [4.69, 9.17) is 12.2 Å². The summed E-state index contributed by atoms with van der Waals surface area (Å²) in [6.07, 6.45) is 0. The minimum atomic E-state index is 0.473. The third-order valence-electron chi connectivity index (χ3n) is 2.62. The molecule has 3 nitrogen and oxygen atoms in total. The molecule has 2 rings (SSSR count). The number of anilines is 1. The molecule has 5 heteroatoms. The van der Waals surface area contributed by atoms with Gasteiger partial charge < -0.3 is 5.32 Å². The maximum absolute atomic E-state index is 5.19. The SMILES string of the molecule is C/C(=N\NC(=S)Nc1ccccc1)c1ccc(I)cc1. The summed E-state index contributed by atoms with van der Waals surface area (Å²) in [6.45, 7) is 1.94. The van der Waals surface area contributed by atoms with Crippen LogP contribution in [-0.2, 0) is 0 Å². The molecule has 0 amide bonds. The van der Waals surface area contributed by atoms with Gasteiger partial charge in [0.2, 0.25) is 0 Å². The van der Waals surface area contributed by atoms with E-state index < -0.39 is 0 Å². The predicted octanol–water partition coefficient (Wildman–Crippen LogP) is 4.00. The van der Waals surface area contributed by atoms with Gasteiger partial charge in [0.05, 0.1) is 5.71 Å². The Morgan fingerprint density at radius 3 is 2.35 bits per heavy atom. The van der Waals surface area contributed by atoms with Crippen LogP contribution in [0.3, 0.4) is 0 Å². The minimum Gasteiger partial charge on any atom is -0.331 e. The number of para-hydroxylation sites is 1. The van der Waals surface area contributed by atoms with Crippen LogP contribution in [-0.4, -0.2) is 10.8 Å². The zero-order chi connectivity index (χ0) is 14.4. The normalized spacial score (nSPS) is 11.0. The average molecular weight is 395 g/mol. The number of benzene rings is 2. The number of hydrogen-bond acceptors (Lipinski definition) is 2. The molecule has 0 saturated carbocycles. The first-order valence-corrected chi connectivity index (χ1v) is 7.56. The van der Waals surface area contributed by atoms with Gasteiger partial charge in [-0.05, 0) is 71.6 Å². The highest BCUT2D eigenvalue weighted by Gasteiger charge is 1.99. The Morgan fingerprint density at radius 1 is 1.05 bits per heavy atom. The minimum absolute atomic E-state index is 0.473. The molecule has 0 unspecified atom stereocenters. The van der Waals surface area contributed by atoms with Gasteiger partial charge >= 0.3 is 0 Å². The first-order chi connectivity index (χ1) is 9.65. The number of hydrazone groups is 1. The molecule has 0 aliphatic rings. The van der Waals surface area contributed by atoms with Crippen molar-refractivity contribution in [3.05, 3.63) is 63.7 Å². The van der Waals surface area contributed by atoms with Gasteiger partial charge in [-0.1, -0.05) is 30.3 Å². The molecular weight excluding hydrogens is 381 g/mol. The second kappa shape index (κ2) is 7.35. The molecule has 0 aromatic heterocycles. The molecule has 0 heterocycles. The highest BCUT2D eigenvalue weighted by molar-refractivity contribution is 14.1. The Morgan fingerprint density at radius 2 is 1.70 bits per heavy atom. The second-order valence-electron chi connectivity index (χ2n) is 4.14. The van der Waals surface area contributed by atoms with Gasteiger partial charge in [0, 0.05) is 9.26 Å². The summed E-state index contributed by atoms with van der Waals surface area (Å²) in [5, 5.41) is 7.82. The van der Waals surface area contributed by atoms with E-state index in [0.717, 1.165) is 17.0 Å². The van der Waals surface area contributed by atoms with Crippen molar-refractivity contribution in [1.29, 1.82) is 0 Å². The number of halogens is 1. The molecule has 0 atom stereocenters. The lowest BCUT2D eigenvalue weighted by Crippen LogP contribution is -2.24. The van der Waals surface area contributed by atoms with Crippen LogP contribution in [0, 0.1) is 3.57 Å². The van der Waals surface area contributed by atoms with Gasteiger partial charge in [-0.25, -0.2) is 0 Å². The van der Waals surface area contributed by atoms with Crippen LogP contribution in [0.25, 0.3) is 0 Å². The van der Waals surface area contributed by atoms with Crippen LogP contribution in [0.2, 0.25) is 0 Å². The van der Waals surface area contributed by atoms with Gasteiger partial charge in [-0.3, -0.25) is 5.43 Å². The second-order valence-corrected chi connectivity index (χ2v) is 5.79. The van der Waals surface area contributed by atoms with Crippen molar-refractivity contribution in [3.8, 4) is 0 Å². The lowest BCUT2D eigenvalue weighted by Gasteiger charge is -2.07. The van der Waals surface area contributed by atoms with Crippen LogP contribution in [0.15, 0.2) is 59.7 Å². The van der Waals surface area contributed by atoms with Crippen molar-refractivity contribution >= 4 is 51.3 Å². The number of nitrogens with zero attached hydrogens (tertiary/aromatic N) is 1. The molecule has 20 heavy (non-hydrogen) atoms. The molecule has 2 aromatic rings. The Balaban J connectivity index is 1.95. The molecule has 0 radical (unpaired) electrons. The summed E-state index contributed by atoms with van der Waals surface area (Å²) in [7, 11) is 0. The van der Waals surface area contributed by atoms with Crippen LogP contribution >= 0.6 is 34.8 Å². The van der Waals surface area contributed by atoms with Crippen LogP contribution in [0.1, 0.15) is 12.5 Å². The Kier molecular flexibility index (Phi) is 5.49. The highest BCUT2D eigenvalue weighted by Crippen LogP contribution is 2.08. The summed E-state index contributed by atoms with van der Waals surface area (Å²) >= 11 is 7.47. The fourth-order valence-corrected chi connectivity index (χ4v) is 2.09. The van der Waals surface area contributed by atoms with Crippen molar-refractivity contribution in [3.63, 3.8) is 0 Å². The maximum Gasteiger partial charge on any atom is 0.191 e. The topological polar surface area (TPSA) is 36.4 Å². The van der Waals surface area contributed by atoms with E-state index in [1.165, 1.54) is 3.57 Å². The summed E-state index contributed by atoms with van der Waals surface area (Å²) in [5.41, 5.74) is 5.75. The third-order valence-corrected chi connectivity index (χ3v) is 3.53. The average Bonchev–Trinajstić information content (AvgIpc) is 2.46. The zero-order valence-corrected chi connectivity index (χ0v) is 13.9. The maximum atomic E-state index is 5.19. The molecule has 0 fully saturated rings. The van der Waals surface area contributed by atoms with E-state index in [0.29, 0.717) is 5.11 Å². The lowest BCUT2D eigenvalue weighted by atomic mass is 10.1. The molecule has 0 aliphatic heterocycles. The van der Waals surface area contributed by atoms with E-state index in [-0.39, 0.29) is 0 Å². The smallest absolute Gasteiger partial charge is 0.191 e. The molecule has 0 spiro atoms. The van der Waals surface area contributed by atoms with Crippen molar-refractivity contribution in [2.75, 3.05) is 5.32 Å². The van der Waals surface area contributed by atoms with Crippen LogP contribution < -0.4 is 10.7 Å². The molecular formula is C15H14IN3S. The number of thiocarbonyl (C=S) groups is 1. The molecule has 2 N–H and O–H groups in total. The fourth-order valence-electron chi connectivity index (χ4n) is 1.57. The zero-order valence-electron chi connectivity index (χ0n) is 10.9. The van der Waals surface area contributed by atoms with E-state index >= 15 is 0 Å². The van der Waals surface area contributed by atoms with Gasteiger partial charge in [0.25, 0.3) is 0 Å². The quantitative estimate of drug-likeness (QED) is 0.357. The molecule has 0 saturated heterocycles. The Hall–Kier alpha value is -1.47. The van der Waals surface area contributed by atoms with E-state index in [9.17, 15) is 0 Å². The van der Waals surface area contributed by atoms with Crippen LogP contribution in [0.5, 0.6) is 0 Å². The third kappa shape index (κ3) is 4.57. The molecule has 0 aliphatic carbocycles. The summed E-state index contributed by atoms with van der Waals surface area (Å²) in [6, 6.07) is 17.9. The van der Waals surface area contributed by atoms with E-state index in [2.05, 4.69) is 50.6 Å². The van der Waals surface area contributed by atoms with Gasteiger partial charge in [-0.2, -0.15) is 5.10 Å². The standard InChI is InChI=1S/C15H14IN3S/c1-11(12-7-9-13(16)10-8-12)18-19-15(20)17-14-5-3-2-4-6-14/h2-10H,1H3,(H2,17,19,20)/b18-11+. The first kappa shape index (κ1) is 14.9. The summed E-state index contributed by atoms with van der Waals surface area (Å²) in [4.78, 5) is 0. The fraction of sp³-hybridized carbons (Fsp3) is 0.0667. The van der Waals surface area contributed by atoms with Crippen molar-refractivity contribution in [1.82, 2.24) is 5.43 Å². The molecule has 0 bridgehead atoms. The first-order valence-electron chi connectivity index (χ1n) is 6.07. The number of nitrogens with one attached hydrogen (secondary N) is 2. The lowest BCUT2D eigenvalue weighted by molar-refractivity contribution is 1.04. The van der Waals surface area contributed by atoms with E-state index in [1.807, 2.05) is 49.4 Å². The molecule has 102 valence electrons. The summed E-state index contributed by atoms with van der Waals surface area (Å²) < 4.78 is 1.20. The largest absolute Gasteiger partial charge is 0.331 e. The molecule has 2 aromatic carbocycles. The predicted molar refractivity (Wildman–Crippen MR) is 97.2 cm³/mol. The van der Waals surface area contributed by atoms with Gasteiger partial charge in [0.15, 0.2) is 5.11 Å². The van der Waals surface area contributed by atoms with Crippen molar-refractivity contribution in [2.45, 2.75) is 6.92 Å². The van der Waals surface area contributed by atoms with E-state index in [1.54, 1.807) is 0 Å². The Labute approximate surface area is 137 Å². The highest BCUT2D eigenvalue weighted by atomic mass is 127. The van der Waals surface area contributed by atoms with Crippen molar-refractivity contribution in [2.24, 2.45) is 5.10 Å². The summed E-state index contributed by atoms with van der Waals surface area (Å²) in [5.74, 6) is 0. The number of rotatable bonds is 3. The number of hydrogen-bond donors (Lipinski definition) is 2. The van der Waals surface area contributed by atoms with Crippen LogP contribution in [0.4, 0.5) is 5.69 Å². The van der Waals surface area contributed by atoms with Gasteiger partial charge in [-0.15, -0.1) is 0 Å². The Bertz CT molecular complexity index is 609. The monoisotopic (exact) mass is 395 g/mol. The van der Waals surface area contributed by atoms with Gasteiger partial charge in [0.1, 0.15) is 0 Å². The van der Waals surface area contributed by atoms with Crippen molar-refractivity contribution < 1.29 is 0 Å².